The highest BCUT2D eigenvalue weighted by Gasteiger charge is 2.19. The molecule has 0 bridgehead atoms. The molecule has 0 radical (unpaired) electrons. The maximum Gasteiger partial charge on any atom is 0.318 e. The molecule has 1 aliphatic carbocycles. The van der Waals surface area contributed by atoms with E-state index in [0.717, 1.165) is 29.8 Å². The highest BCUT2D eigenvalue weighted by atomic mass is 16.5. The summed E-state index contributed by atoms with van der Waals surface area (Å²) in [5.41, 5.74) is 6.71. The summed E-state index contributed by atoms with van der Waals surface area (Å²) in [6, 6.07) is 4.28. The smallest absolute Gasteiger partial charge is 0.318 e. The lowest BCUT2D eigenvalue weighted by Crippen LogP contribution is -2.43. The van der Waals surface area contributed by atoms with Crippen LogP contribution in [0.2, 0.25) is 0 Å². The lowest BCUT2D eigenvalue weighted by atomic mass is 10.1. The first-order valence-corrected chi connectivity index (χ1v) is 7.60. The van der Waals surface area contributed by atoms with Crippen LogP contribution in [-0.2, 0) is 4.79 Å². The highest BCUT2D eigenvalue weighted by molar-refractivity contribution is 5.97. The molecular formula is C16H23N3O3. The second kappa shape index (κ2) is 7.15. The third-order valence-electron chi connectivity index (χ3n) is 3.89. The van der Waals surface area contributed by atoms with Crippen LogP contribution in [0.3, 0.4) is 0 Å². The number of urea groups is 1. The number of nitrogens with two attached hydrogens (primary N) is 1. The number of anilines is 1. The average Bonchev–Trinajstić information content (AvgIpc) is 2.95. The molecule has 2 rings (SSSR count). The second-order valence-corrected chi connectivity index (χ2v) is 5.67. The first kappa shape index (κ1) is 16.1. The summed E-state index contributed by atoms with van der Waals surface area (Å²) in [5, 5.41) is 5.14. The van der Waals surface area contributed by atoms with E-state index in [0.29, 0.717) is 0 Å². The van der Waals surface area contributed by atoms with Gasteiger partial charge in [0.2, 0.25) is 5.91 Å². The van der Waals surface area contributed by atoms with Crippen molar-refractivity contribution in [2.75, 3.05) is 5.32 Å². The van der Waals surface area contributed by atoms with Gasteiger partial charge >= 0.3 is 6.03 Å². The molecule has 1 fully saturated rings. The Morgan fingerprint density at radius 3 is 2.64 bits per heavy atom. The lowest BCUT2D eigenvalue weighted by molar-refractivity contribution is -0.120. The summed E-state index contributed by atoms with van der Waals surface area (Å²) in [4.78, 5) is 22.5. The van der Waals surface area contributed by atoms with Crippen LogP contribution in [0.1, 0.15) is 38.2 Å². The van der Waals surface area contributed by atoms with Gasteiger partial charge in [0.1, 0.15) is 11.8 Å². The number of hydrogen-bond acceptors (Lipinski definition) is 4. The quantitative estimate of drug-likeness (QED) is 0.778. The number of carbonyl (C=O) groups excluding carboxylic acids is 2. The topological polar surface area (TPSA) is 93.5 Å². The summed E-state index contributed by atoms with van der Waals surface area (Å²) >= 11 is 0. The molecule has 6 nitrogen and oxygen atoms in total. The van der Waals surface area contributed by atoms with E-state index in [4.69, 9.17) is 10.5 Å². The van der Waals surface area contributed by atoms with Crippen molar-refractivity contribution in [3.63, 3.8) is 0 Å². The minimum Gasteiger partial charge on any atom is -0.490 e. The van der Waals surface area contributed by atoms with Crippen LogP contribution in [0.4, 0.5) is 10.5 Å². The normalized spacial score (nSPS) is 16.1. The van der Waals surface area contributed by atoms with Crippen LogP contribution in [0.5, 0.6) is 5.75 Å². The van der Waals surface area contributed by atoms with Crippen LogP contribution >= 0.6 is 0 Å². The lowest BCUT2D eigenvalue weighted by Gasteiger charge is -2.20. The molecule has 0 saturated heterocycles. The van der Waals surface area contributed by atoms with E-state index in [1.807, 2.05) is 25.1 Å². The van der Waals surface area contributed by atoms with Crippen molar-refractivity contribution in [2.24, 2.45) is 5.73 Å². The third kappa shape index (κ3) is 4.13. The Bertz CT molecular complexity index is 554. The van der Waals surface area contributed by atoms with Gasteiger partial charge in [0.05, 0.1) is 6.10 Å². The molecule has 0 aliphatic heterocycles. The van der Waals surface area contributed by atoms with E-state index in [-0.39, 0.29) is 6.10 Å². The van der Waals surface area contributed by atoms with Crippen LogP contribution in [0, 0.1) is 6.92 Å². The third-order valence-corrected chi connectivity index (χ3v) is 3.89. The molecule has 0 unspecified atom stereocenters. The van der Waals surface area contributed by atoms with Crippen molar-refractivity contribution < 1.29 is 14.3 Å². The van der Waals surface area contributed by atoms with E-state index in [1.54, 1.807) is 6.92 Å². The summed E-state index contributed by atoms with van der Waals surface area (Å²) in [6.07, 6.45) is 4.89. The van der Waals surface area contributed by atoms with E-state index in [2.05, 4.69) is 10.6 Å². The monoisotopic (exact) mass is 305 g/mol. The molecule has 0 heterocycles. The number of rotatable bonds is 5. The number of benzene rings is 1. The van der Waals surface area contributed by atoms with Crippen molar-refractivity contribution in [1.82, 2.24) is 5.32 Å². The molecule has 1 aliphatic rings. The minimum atomic E-state index is -0.853. The molecule has 22 heavy (non-hydrogen) atoms. The number of carbonyl (C=O) groups is 2. The standard InChI is InChI=1S/C16H23N3O3/c1-10-13(18-11(2)15(20)19-16(17)21)8-5-9-14(10)22-12-6-3-4-7-12/h5,8-9,11-12,18H,3-4,6-7H2,1-2H3,(H3,17,19,20,21)/t11-/m0/s1. The molecule has 1 atom stereocenters. The number of amides is 3. The molecule has 1 saturated carbocycles. The van der Waals surface area contributed by atoms with Crippen molar-refractivity contribution in [1.29, 1.82) is 0 Å². The summed E-state index contributed by atoms with van der Waals surface area (Å²) in [5.74, 6) is 0.369. The van der Waals surface area contributed by atoms with Crippen LogP contribution < -0.4 is 21.1 Å². The largest absolute Gasteiger partial charge is 0.490 e. The van der Waals surface area contributed by atoms with Crippen LogP contribution in [0.25, 0.3) is 0 Å². The molecule has 4 N–H and O–H groups in total. The molecular weight excluding hydrogens is 282 g/mol. The maximum atomic E-state index is 11.7. The molecule has 0 spiro atoms. The maximum absolute atomic E-state index is 11.7. The number of nitrogens with one attached hydrogen (secondary N) is 2. The van der Waals surface area contributed by atoms with Gasteiger partial charge in [0.25, 0.3) is 0 Å². The molecule has 0 aromatic heterocycles. The number of imide groups is 1. The Morgan fingerprint density at radius 2 is 2.00 bits per heavy atom. The Labute approximate surface area is 130 Å². The molecule has 1 aromatic rings. The van der Waals surface area contributed by atoms with Gasteiger partial charge in [-0.15, -0.1) is 0 Å². The van der Waals surface area contributed by atoms with E-state index >= 15 is 0 Å². The van der Waals surface area contributed by atoms with Crippen LogP contribution in [0.15, 0.2) is 18.2 Å². The Morgan fingerprint density at radius 1 is 1.32 bits per heavy atom. The average molecular weight is 305 g/mol. The minimum absolute atomic E-state index is 0.282. The van der Waals surface area contributed by atoms with Gasteiger partial charge in [0, 0.05) is 11.3 Å². The predicted molar refractivity (Wildman–Crippen MR) is 84.9 cm³/mol. The zero-order valence-electron chi connectivity index (χ0n) is 13.0. The SMILES string of the molecule is Cc1c(N[C@@H](C)C(=O)NC(N)=O)cccc1OC1CCCC1. The highest BCUT2D eigenvalue weighted by Crippen LogP contribution is 2.30. The van der Waals surface area contributed by atoms with Gasteiger partial charge in [-0.25, -0.2) is 4.79 Å². The van der Waals surface area contributed by atoms with Gasteiger partial charge in [-0.2, -0.15) is 0 Å². The predicted octanol–water partition coefficient (Wildman–Crippen LogP) is 2.31. The second-order valence-electron chi connectivity index (χ2n) is 5.67. The fourth-order valence-corrected chi connectivity index (χ4v) is 2.61. The zero-order chi connectivity index (χ0) is 16.1. The zero-order valence-corrected chi connectivity index (χ0v) is 13.0. The van der Waals surface area contributed by atoms with E-state index in [9.17, 15) is 9.59 Å². The first-order valence-electron chi connectivity index (χ1n) is 7.60. The molecule has 3 amide bonds. The number of primary amides is 1. The Hall–Kier alpha value is -2.24. The first-order chi connectivity index (χ1) is 10.5. The van der Waals surface area contributed by atoms with Gasteiger partial charge in [-0.05, 0) is 51.7 Å². The van der Waals surface area contributed by atoms with Crippen molar-refractivity contribution in [3.8, 4) is 5.75 Å². The van der Waals surface area contributed by atoms with Gasteiger partial charge in [-0.1, -0.05) is 6.07 Å². The summed E-state index contributed by atoms with van der Waals surface area (Å²) < 4.78 is 6.04. The van der Waals surface area contributed by atoms with Crippen molar-refractivity contribution in [2.45, 2.75) is 51.7 Å². The fourth-order valence-electron chi connectivity index (χ4n) is 2.61. The fraction of sp³-hybridized carbons (Fsp3) is 0.500. The number of hydrogen-bond donors (Lipinski definition) is 3. The summed E-state index contributed by atoms with van der Waals surface area (Å²) in [7, 11) is 0. The molecule has 6 heteroatoms. The van der Waals surface area contributed by atoms with Crippen LogP contribution in [-0.4, -0.2) is 24.1 Å². The van der Waals surface area contributed by atoms with Gasteiger partial charge in [0.15, 0.2) is 0 Å². The van der Waals surface area contributed by atoms with Gasteiger partial charge < -0.3 is 15.8 Å². The molecule has 1 aromatic carbocycles. The van der Waals surface area contributed by atoms with Crippen molar-refractivity contribution in [3.05, 3.63) is 23.8 Å². The Balaban J connectivity index is 2.04. The molecule has 120 valence electrons. The van der Waals surface area contributed by atoms with Gasteiger partial charge in [-0.3, -0.25) is 10.1 Å². The Kier molecular flexibility index (Phi) is 5.25. The van der Waals surface area contributed by atoms with E-state index < -0.39 is 18.0 Å². The number of ether oxygens (including phenoxy) is 1. The van der Waals surface area contributed by atoms with E-state index in [1.165, 1.54) is 12.8 Å². The van der Waals surface area contributed by atoms with Crippen molar-refractivity contribution >= 4 is 17.6 Å². The summed E-state index contributed by atoms with van der Waals surface area (Å²) in [6.45, 7) is 3.62.